The minimum absolute atomic E-state index is 0.00302. The van der Waals surface area contributed by atoms with Crippen LogP contribution in [-0.4, -0.2) is 28.2 Å². The van der Waals surface area contributed by atoms with Gasteiger partial charge in [0.1, 0.15) is 0 Å². The average Bonchev–Trinajstić information content (AvgIpc) is 2.78. The van der Waals surface area contributed by atoms with E-state index in [4.69, 9.17) is 10.5 Å². The Labute approximate surface area is 89.6 Å². The quantitative estimate of drug-likeness (QED) is 0.809. The molecular formula is C10H18N4O. The number of ether oxygens (including phenoxy) is 1. The van der Waals surface area contributed by atoms with Crippen LogP contribution in [0.25, 0.3) is 0 Å². The van der Waals surface area contributed by atoms with Crippen LogP contribution in [0.1, 0.15) is 44.0 Å². The Hall–Kier alpha value is -0.940. The first-order valence-electron chi connectivity index (χ1n) is 5.56. The molecule has 1 aliphatic rings. The van der Waals surface area contributed by atoms with Gasteiger partial charge in [-0.25, -0.2) is 4.68 Å². The molecule has 15 heavy (non-hydrogen) atoms. The average molecular weight is 210 g/mol. The zero-order valence-corrected chi connectivity index (χ0v) is 9.09. The Balaban J connectivity index is 2.05. The summed E-state index contributed by atoms with van der Waals surface area (Å²) in [5, 5.41) is 8.21. The molecule has 1 saturated heterocycles. The Bertz CT molecular complexity index is 306. The lowest BCUT2D eigenvalue weighted by Crippen LogP contribution is -2.21. The van der Waals surface area contributed by atoms with Crippen LogP contribution in [0.15, 0.2) is 6.20 Å². The molecule has 2 N–H and O–H groups in total. The number of rotatable bonds is 3. The fraction of sp³-hybridized carbons (Fsp3) is 0.800. The molecule has 84 valence electrons. The Morgan fingerprint density at radius 1 is 1.73 bits per heavy atom. The van der Waals surface area contributed by atoms with Crippen molar-refractivity contribution in [3.8, 4) is 0 Å². The van der Waals surface area contributed by atoms with Crippen LogP contribution in [0.4, 0.5) is 0 Å². The normalized spacial score (nSPS) is 24.0. The summed E-state index contributed by atoms with van der Waals surface area (Å²) in [6.45, 7) is 3.66. The van der Waals surface area contributed by atoms with Crippen molar-refractivity contribution in [2.45, 2.75) is 38.3 Å². The second kappa shape index (κ2) is 4.72. The predicted molar refractivity (Wildman–Crippen MR) is 56.3 cm³/mol. The third kappa shape index (κ3) is 2.35. The lowest BCUT2D eigenvalue weighted by Gasteiger charge is -2.21. The monoisotopic (exact) mass is 210 g/mol. The zero-order valence-electron chi connectivity index (χ0n) is 9.09. The number of nitrogens with two attached hydrogens (primary N) is 1. The van der Waals surface area contributed by atoms with Gasteiger partial charge in [-0.15, -0.1) is 5.10 Å². The maximum absolute atomic E-state index is 5.89. The van der Waals surface area contributed by atoms with Gasteiger partial charge in [-0.3, -0.25) is 0 Å². The Kier molecular flexibility index (Phi) is 3.33. The fourth-order valence-corrected chi connectivity index (χ4v) is 1.78. The summed E-state index contributed by atoms with van der Waals surface area (Å²) >= 11 is 0. The third-order valence-corrected chi connectivity index (χ3v) is 2.86. The first-order valence-corrected chi connectivity index (χ1v) is 5.56. The fourth-order valence-electron chi connectivity index (χ4n) is 1.78. The minimum atomic E-state index is 0.00302. The van der Waals surface area contributed by atoms with Crippen molar-refractivity contribution in [2.24, 2.45) is 5.73 Å². The summed E-state index contributed by atoms with van der Waals surface area (Å²) in [5.41, 5.74) is 6.77. The molecule has 0 bridgehead atoms. The molecule has 0 radical (unpaired) electrons. The first kappa shape index (κ1) is 10.6. The van der Waals surface area contributed by atoms with Crippen molar-refractivity contribution in [1.29, 1.82) is 0 Å². The highest BCUT2D eigenvalue weighted by atomic mass is 16.5. The third-order valence-electron chi connectivity index (χ3n) is 2.86. The van der Waals surface area contributed by atoms with E-state index in [0.29, 0.717) is 6.04 Å². The lowest BCUT2D eigenvalue weighted by atomic mass is 10.1. The number of hydrogen-bond acceptors (Lipinski definition) is 4. The molecule has 0 aromatic carbocycles. The van der Waals surface area contributed by atoms with Gasteiger partial charge in [0.15, 0.2) is 0 Å². The van der Waals surface area contributed by atoms with Crippen LogP contribution >= 0.6 is 0 Å². The van der Waals surface area contributed by atoms with Crippen molar-refractivity contribution in [3.63, 3.8) is 0 Å². The smallest absolute Gasteiger partial charge is 0.0994 e. The van der Waals surface area contributed by atoms with Gasteiger partial charge in [0.25, 0.3) is 0 Å². The summed E-state index contributed by atoms with van der Waals surface area (Å²) in [7, 11) is 0. The van der Waals surface area contributed by atoms with Gasteiger partial charge in [-0.2, -0.15) is 0 Å². The number of aromatic nitrogens is 3. The van der Waals surface area contributed by atoms with E-state index in [2.05, 4.69) is 10.3 Å². The van der Waals surface area contributed by atoms with Crippen LogP contribution < -0.4 is 5.73 Å². The van der Waals surface area contributed by atoms with Crippen molar-refractivity contribution in [2.75, 3.05) is 13.2 Å². The maximum atomic E-state index is 5.89. The van der Waals surface area contributed by atoms with E-state index in [1.54, 1.807) is 0 Å². The maximum Gasteiger partial charge on any atom is 0.0994 e. The van der Waals surface area contributed by atoms with Crippen LogP contribution in [0.2, 0.25) is 0 Å². The topological polar surface area (TPSA) is 66.0 Å². The molecule has 0 saturated carbocycles. The van der Waals surface area contributed by atoms with Gasteiger partial charge in [-0.05, 0) is 19.3 Å². The zero-order chi connectivity index (χ0) is 10.7. The van der Waals surface area contributed by atoms with Gasteiger partial charge >= 0.3 is 0 Å². The first-order chi connectivity index (χ1) is 7.31. The second-order valence-electron chi connectivity index (χ2n) is 4.01. The highest BCUT2D eigenvalue weighted by Crippen LogP contribution is 2.19. The molecule has 2 heterocycles. The summed E-state index contributed by atoms with van der Waals surface area (Å²) in [6.07, 6.45) is 5.05. The largest absolute Gasteiger partial charge is 0.379 e. The van der Waals surface area contributed by atoms with E-state index in [-0.39, 0.29) is 6.04 Å². The van der Waals surface area contributed by atoms with Crippen molar-refractivity contribution in [1.82, 2.24) is 15.0 Å². The number of nitrogens with zero attached hydrogens (tertiary/aromatic N) is 3. The Morgan fingerprint density at radius 2 is 2.60 bits per heavy atom. The molecule has 1 fully saturated rings. The molecular weight excluding hydrogens is 192 g/mol. The van der Waals surface area contributed by atoms with Gasteiger partial charge in [0.2, 0.25) is 0 Å². The second-order valence-corrected chi connectivity index (χ2v) is 4.01. The highest BCUT2D eigenvalue weighted by Gasteiger charge is 2.18. The molecule has 0 amide bonds. The van der Waals surface area contributed by atoms with Crippen LogP contribution in [0.5, 0.6) is 0 Å². The van der Waals surface area contributed by atoms with E-state index in [1.165, 1.54) is 0 Å². The van der Waals surface area contributed by atoms with Crippen molar-refractivity contribution < 1.29 is 4.74 Å². The molecule has 1 aromatic heterocycles. The van der Waals surface area contributed by atoms with Crippen molar-refractivity contribution in [3.05, 3.63) is 11.9 Å². The van der Waals surface area contributed by atoms with Gasteiger partial charge in [0.05, 0.1) is 30.6 Å². The summed E-state index contributed by atoms with van der Waals surface area (Å²) in [5.74, 6) is 0. The van der Waals surface area contributed by atoms with E-state index in [1.807, 2.05) is 17.8 Å². The van der Waals surface area contributed by atoms with E-state index in [9.17, 15) is 0 Å². The summed E-state index contributed by atoms with van der Waals surface area (Å²) in [6, 6.07) is 0.340. The van der Waals surface area contributed by atoms with Gasteiger partial charge in [-0.1, -0.05) is 12.1 Å². The van der Waals surface area contributed by atoms with Gasteiger partial charge in [0, 0.05) is 6.61 Å². The molecule has 0 aliphatic carbocycles. The molecule has 1 aliphatic heterocycles. The van der Waals surface area contributed by atoms with E-state index >= 15 is 0 Å². The van der Waals surface area contributed by atoms with E-state index in [0.717, 1.165) is 38.2 Å². The molecule has 0 spiro atoms. The number of hydrogen-bond donors (Lipinski definition) is 1. The van der Waals surface area contributed by atoms with E-state index < -0.39 is 0 Å². The van der Waals surface area contributed by atoms with Gasteiger partial charge < -0.3 is 10.5 Å². The molecule has 2 rings (SSSR count). The highest BCUT2D eigenvalue weighted by molar-refractivity contribution is 4.99. The molecule has 2 unspecified atom stereocenters. The molecule has 5 heteroatoms. The standard InChI is InChI=1S/C10H18N4O/c1-2-9(11)10-6-14(13-12-10)8-4-3-5-15-7-8/h6,8-9H,2-5,7,11H2,1H3. The lowest BCUT2D eigenvalue weighted by molar-refractivity contribution is 0.0542. The van der Waals surface area contributed by atoms with Crippen molar-refractivity contribution >= 4 is 0 Å². The molecule has 2 atom stereocenters. The summed E-state index contributed by atoms with van der Waals surface area (Å²) in [4.78, 5) is 0. The predicted octanol–water partition coefficient (Wildman–Crippen LogP) is 1.04. The summed E-state index contributed by atoms with van der Waals surface area (Å²) < 4.78 is 7.31. The molecule has 5 nitrogen and oxygen atoms in total. The minimum Gasteiger partial charge on any atom is -0.379 e. The Morgan fingerprint density at radius 3 is 3.27 bits per heavy atom. The molecule has 1 aromatic rings. The SMILES string of the molecule is CCC(N)c1cn(C2CCCOC2)nn1. The van der Waals surface area contributed by atoms with Crippen LogP contribution in [-0.2, 0) is 4.74 Å². The van der Waals surface area contributed by atoms with Crippen LogP contribution in [0, 0.1) is 0 Å². The van der Waals surface area contributed by atoms with Crippen LogP contribution in [0.3, 0.4) is 0 Å².